The van der Waals surface area contributed by atoms with Crippen LogP contribution in [-0.4, -0.2) is 61.9 Å². The van der Waals surface area contributed by atoms with Crippen LogP contribution >= 0.6 is 0 Å². The zero-order valence-corrected chi connectivity index (χ0v) is 25.1. The molecule has 0 aliphatic carbocycles. The lowest BCUT2D eigenvalue weighted by Crippen LogP contribution is -2.52. The number of hydrogen-bond donors (Lipinski definition) is 0. The van der Waals surface area contributed by atoms with Crippen LogP contribution in [0.4, 0.5) is 4.79 Å². The van der Waals surface area contributed by atoms with Crippen LogP contribution in [0.2, 0.25) is 0 Å². The first-order valence-electron chi connectivity index (χ1n) is 14.0. The fourth-order valence-corrected chi connectivity index (χ4v) is 5.95. The van der Waals surface area contributed by atoms with Gasteiger partial charge in [0.15, 0.2) is 6.79 Å². The number of carbonyl (C=O) groups is 1. The van der Waals surface area contributed by atoms with E-state index in [9.17, 15) is 9.59 Å². The van der Waals surface area contributed by atoms with Gasteiger partial charge in [-0.1, -0.05) is 0 Å². The van der Waals surface area contributed by atoms with Gasteiger partial charge in [-0.2, -0.15) is 5.10 Å². The molecule has 1 aliphatic heterocycles. The lowest BCUT2D eigenvalue weighted by Gasteiger charge is -2.43. The predicted molar refractivity (Wildman–Crippen MR) is 158 cm³/mol. The molecule has 1 fully saturated rings. The molecule has 5 rings (SSSR count). The van der Waals surface area contributed by atoms with Crippen molar-refractivity contribution in [3.8, 4) is 17.0 Å². The van der Waals surface area contributed by atoms with Crippen LogP contribution in [0.5, 0.6) is 5.75 Å². The van der Waals surface area contributed by atoms with Crippen LogP contribution in [0.1, 0.15) is 59.1 Å². The smallest absolute Gasteiger partial charge is 0.410 e. The van der Waals surface area contributed by atoms with Crippen LogP contribution in [0.15, 0.2) is 41.5 Å². The Labute approximate surface area is 239 Å². The molecule has 0 N–H and O–H groups in total. The number of benzene rings is 1. The highest BCUT2D eigenvalue weighted by molar-refractivity contribution is 5.92. The van der Waals surface area contributed by atoms with Gasteiger partial charge in [-0.25, -0.2) is 9.78 Å². The van der Waals surface area contributed by atoms with Gasteiger partial charge >= 0.3 is 6.09 Å². The number of aromatic nitrogens is 4. The number of nitrogens with zero attached hydrogens (tertiary/aromatic N) is 5. The minimum atomic E-state index is -0.562. The van der Waals surface area contributed by atoms with Gasteiger partial charge in [0.05, 0.1) is 22.1 Å². The average Bonchev–Trinajstić information content (AvgIpc) is 3.27. The largest absolute Gasteiger partial charge is 0.466 e. The summed E-state index contributed by atoms with van der Waals surface area (Å²) in [6.07, 6.45) is 4.79. The number of pyridine rings is 2. The summed E-state index contributed by atoms with van der Waals surface area (Å²) in [6, 6.07) is 7.41. The first-order chi connectivity index (χ1) is 19.4. The number of likely N-dealkylation sites (tertiary alicyclic amines) is 1. The Hall–Kier alpha value is -3.92. The molecule has 3 atom stereocenters. The number of fused-ring (bicyclic) bond motifs is 2. The number of carbonyl (C=O) groups excluding carboxylic acids is 1. The van der Waals surface area contributed by atoms with E-state index < -0.39 is 5.60 Å². The standard InChI is InChI=1S/C31H39N5O5/c1-18-13-22(14-19(2)36(18)30(38)41-31(4,5)6)35-12-11-26-23(29(35)37)9-10-25(32-26)24-15-21-16-34(7)33-27(21)20(3)28(24)40-17-39-8/h9-12,15-16,18-19,22H,13-14,17H2,1-8H3/t18-,19+,22?. The lowest BCUT2D eigenvalue weighted by atomic mass is 9.92. The monoisotopic (exact) mass is 561 g/mol. The van der Waals surface area contributed by atoms with Gasteiger partial charge < -0.3 is 23.7 Å². The van der Waals surface area contributed by atoms with Crippen molar-refractivity contribution >= 4 is 27.9 Å². The molecule has 3 aromatic heterocycles. The Morgan fingerprint density at radius 2 is 1.83 bits per heavy atom. The third kappa shape index (κ3) is 5.53. The topological polar surface area (TPSA) is 101 Å². The van der Waals surface area contributed by atoms with Gasteiger partial charge in [0.2, 0.25) is 0 Å². The van der Waals surface area contributed by atoms with E-state index in [4.69, 9.17) is 19.2 Å². The van der Waals surface area contributed by atoms with Crippen molar-refractivity contribution in [2.75, 3.05) is 13.9 Å². The van der Waals surface area contributed by atoms with Crippen LogP contribution in [0, 0.1) is 6.92 Å². The summed E-state index contributed by atoms with van der Waals surface area (Å²) in [6.45, 7) is 11.7. The molecular weight excluding hydrogens is 522 g/mol. The summed E-state index contributed by atoms with van der Waals surface area (Å²) in [5, 5.41) is 6.10. The number of amides is 1. The van der Waals surface area contributed by atoms with E-state index in [1.54, 1.807) is 21.3 Å². The Balaban J connectivity index is 1.48. The van der Waals surface area contributed by atoms with E-state index in [0.29, 0.717) is 35.2 Å². The number of aryl methyl sites for hydroxylation is 2. The molecule has 1 aromatic carbocycles. The first kappa shape index (κ1) is 28.6. The Morgan fingerprint density at radius 1 is 1.12 bits per heavy atom. The molecule has 218 valence electrons. The van der Waals surface area contributed by atoms with E-state index in [2.05, 4.69) is 5.10 Å². The van der Waals surface area contributed by atoms with Crippen LogP contribution < -0.4 is 10.3 Å². The van der Waals surface area contributed by atoms with Gasteiger partial charge in [-0.05, 0) is 78.6 Å². The highest BCUT2D eigenvalue weighted by Gasteiger charge is 2.37. The molecule has 4 heterocycles. The maximum atomic E-state index is 13.7. The highest BCUT2D eigenvalue weighted by atomic mass is 16.7. The summed E-state index contributed by atoms with van der Waals surface area (Å²) >= 11 is 0. The lowest BCUT2D eigenvalue weighted by molar-refractivity contribution is -0.00633. The van der Waals surface area contributed by atoms with E-state index in [1.807, 2.05) is 85.2 Å². The number of ether oxygens (including phenoxy) is 3. The molecule has 4 aromatic rings. The maximum Gasteiger partial charge on any atom is 0.410 e. The first-order valence-corrected chi connectivity index (χ1v) is 14.0. The zero-order valence-electron chi connectivity index (χ0n) is 25.1. The van der Waals surface area contributed by atoms with Gasteiger partial charge in [0.1, 0.15) is 11.4 Å². The van der Waals surface area contributed by atoms with E-state index in [-0.39, 0.29) is 36.6 Å². The molecule has 1 unspecified atom stereocenters. The second kappa shape index (κ2) is 10.8. The fourth-order valence-electron chi connectivity index (χ4n) is 5.95. The normalized spacial score (nSPS) is 19.6. The molecule has 10 nitrogen and oxygen atoms in total. The van der Waals surface area contributed by atoms with Crippen LogP contribution in [0.25, 0.3) is 33.1 Å². The van der Waals surface area contributed by atoms with E-state index in [0.717, 1.165) is 22.0 Å². The summed E-state index contributed by atoms with van der Waals surface area (Å²) in [4.78, 5) is 33.2. The third-order valence-corrected chi connectivity index (χ3v) is 7.65. The SMILES string of the molecule is COCOc1c(-c2ccc3c(=O)n(C4C[C@@H](C)N(C(=O)OC(C)(C)C)[C@@H](C)C4)ccc3n2)cc2cn(C)nc2c1C. The molecule has 41 heavy (non-hydrogen) atoms. The van der Waals surface area contributed by atoms with E-state index >= 15 is 0 Å². The molecule has 1 saturated heterocycles. The van der Waals surface area contributed by atoms with Crippen LogP contribution in [0.3, 0.4) is 0 Å². The van der Waals surface area contributed by atoms with Crippen molar-refractivity contribution in [2.45, 2.75) is 78.1 Å². The predicted octanol–water partition coefficient (Wildman–Crippen LogP) is 5.59. The van der Waals surface area contributed by atoms with Crippen molar-refractivity contribution in [1.82, 2.24) is 24.2 Å². The third-order valence-electron chi connectivity index (χ3n) is 7.65. The van der Waals surface area contributed by atoms with Crippen molar-refractivity contribution < 1.29 is 19.0 Å². The minimum absolute atomic E-state index is 0.0417. The minimum Gasteiger partial charge on any atom is -0.466 e. The van der Waals surface area contributed by atoms with Gasteiger partial charge in [0, 0.05) is 61.2 Å². The second-order valence-electron chi connectivity index (χ2n) is 12.0. The molecule has 0 spiro atoms. The molecule has 1 aliphatic rings. The number of hydrogen-bond acceptors (Lipinski definition) is 7. The molecule has 1 amide bonds. The average molecular weight is 562 g/mol. The Bertz CT molecular complexity index is 1660. The molecule has 0 radical (unpaired) electrons. The molecule has 10 heteroatoms. The Morgan fingerprint density at radius 3 is 2.49 bits per heavy atom. The zero-order chi connectivity index (χ0) is 29.6. The summed E-state index contributed by atoms with van der Waals surface area (Å²) in [5.41, 5.74) is 3.21. The molecule has 0 saturated carbocycles. The van der Waals surface area contributed by atoms with Gasteiger partial charge in [-0.15, -0.1) is 0 Å². The number of methoxy groups -OCH3 is 1. The van der Waals surface area contributed by atoms with Crippen LogP contribution in [-0.2, 0) is 16.5 Å². The summed E-state index contributed by atoms with van der Waals surface area (Å²) in [7, 11) is 3.47. The quantitative estimate of drug-likeness (QED) is 0.293. The maximum absolute atomic E-state index is 13.7. The van der Waals surface area contributed by atoms with Gasteiger partial charge in [0.25, 0.3) is 5.56 Å². The van der Waals surface area contributed by atoms with Crippen molar-refractivity contribution in [3.05, 3.63) is 52.6 Å². The van der Waals surface area contributed by atoms with Crippen molar-refractivity contribution in [2.24, 2.45) is 7.05 Å². The Kier molecular flexibility index (Phi) is 7.54. The van der Waals surface area contributed by atoms with E-state index in [1.165, 1.54) is 0 Å². The van der Waals surface area contributed by atoms with Crippen molar-refractivity contribution in [1.29, 1.82) is 0 Å². The number of piperidine rings is 1. The fraction of sp³-hybridized carbons (Fsp3) is 0.484. The van der Waals surface area contributed by atoms with Gasteiger partial charge in [-0.3, -0.25) is 9.48 Å². The second-order valence-corrected chi connectivity index (χ2v) is 12.0. The number of rotatable bonds is 5. The molecule has 0 bridgehead atoms. The highest BCUT2D eigenvalue weighted by Crippen LogP contribution is 2.38. The summed E-state index contributed by atoms with van der Waals surface area (Å²) < 4.78 is 20.4. The summed E-state index contributed by atoms with van der Waals surface area (Å²) in [5.74, 6) is 0.651. The van der Waals surface area contributed by atoms with Crippen molar-refractivity contribution in [3.63, 3.8) is 0 Å². The molecular formula is C31H39N5O5.